The molecule has 0 radical (unpaired) electrons. The highest BCUT2D eigenvalue weighted by Gasteiger charge is 2.01. The molecular formula is C14H24N2. The van der Waals surface area contributed by atoms with Crippen LogP contribution in [0.15, 0.2) is 30.3 Å². The highest BCUT2D eigenvalue weighted by Crippen LogP contribution is 1.99. The molecule has 0 aliphatic rings. The van der Waals surface area contributed by atoms with E-state index in [4.69, 9.17) is 0 Å². The first kappa shape index (κ1) is 13.2. The molecule has 1 atom stereocenters. The van der Waals surface area contributed by atoms with Crippen LogP contribution in [0, 0.1) is 0 Å². The lowest BCUT2D eigenvalue weighted by Gasteiger charge is -2.16. The summed E-state index contributed by atoms with van der Waals surface area (Å²) < 4.78 is 0. The third-order valence-corrected chi connectivity index (χ3v) is 2.76. The minimum atomic E-state index is 0.603. The van der Waals surface area contributed by atoms with Crippen molar-refractivity contribution < 1.29 is 0 Å². The van der Waals surface area contributed by atoms with Crippen LogP contribution in [0.5, 0.6) is 0 Å². The molecule has 0 heterocycles. The highest BCUT2D eigenvalue weighted by atomic mass is 15.1. The molecule has 0 aliphatic heterocycles. The Bertz CT molecular complexity index is 269. The first-order valence-corrected chi connectivity index (χ1v) is 6.10. The molecule has 0 spiro atoms. The van der Waals surface area contributed by atoms with Crippen LogP contribution in [-0.4, -0.2) is 38.1 Å². The van der Waals surface area contributed by atoms with Gasteiger partial charge >= 0.3 is 0 Å². The summed E-state index contributed by atoms with van der Waals surface area (Å²) in [6.07, 6.45) is 2.33. The summed E-state index contributed by atoms with van der Waals surface area (Å²) in [5, 5.41) is 3.56. The molecule has 1 aromatic carbocycles. The van der Waals surface area contributed by atoms with E-state index in [1.807, 2.05) is 0 Å². The van der Waals surface area contributed by atoms with Crippen LogP contribution >= 0.6 is 0 Å². The van der Waals surface area contributed by atoms with Crippen LogP contribution in [0.25, 0.3) is 0 Å². The zero-order valence-electron chi connectivity index (χ0n) is 10.7. The average molecular weight is 220 g/mol. The van der Waals surface area contributed by atoms with Crippen LogP contribution in [-0.2, 0) is 6.42 Å². The Kier molecular flexibility index (Phi) is 6.12. The minimum absolute atomic E-state index is 0.603. The molecule has 0 bridgehead atoms. The zero-order chi connectivity index (χ0) is 11.8. The van der Waals surface area contributed by atoms with Crippen LogP contribution in [0.2, 0.25) is 0 Å². The van der Waals surface area contributed by atoms with Crippen molar-refractivity contribution in [1.82, 2.24) is 10.2 Å². The summed E-state index contributed by atoms with van der Waals surface area (Å²) in [6, 6.07) is 11.2. The van der Waals surface area contributed by atoms with Gasteiger partial charge in [0.1, 0.15) is 0 Å². The maximum absolute atomic E-state index is 3.56. The molecule has 1 unspecified atom stereocenters. The average Bonchev–Trinajstić information content (AvgIpc) is 2.28. The molecule has 0 amide bonds. The van der Waals surface area contributed by atoms with E-state index in [0.29, 0.717) is 6.04 Å². The topological polar surface area (TPSA) is 15.3 Å². The van der Waals surface area contributed by atoms with E-state index in [-0.39, 0.29) is 0 Å². The Morgan fingerprint density at radius 2 is 1.88 bits per heavy atom. The van der Waals surface area contributed by atoms with E-state index in [1.54, 1.807) is 0 Å². The molecule has 0 saturated heterocycles. The first-order valence-electron chi connectivity index (χ1n) is 6.10. The van der Waals surface area contributed by atoms with E-state index in [0.717, 1.165) is 19.5 Å². The molecule has 0 aromatic heterocycles. The van der Waals surface area contributed by atoms with Crippen molar-refractivity contribution in [2.75, 3.05) is 27.2 Å². The summed E-state index contributed by atoms with van der Waals surface area (Å²) in [7, 11) is 4.24. The van der Waals surface area contributed by atoms with E-state index in [2.05, 4.69) is 61.6 Å². The summed E-state index contributed by atoms with van der Waals surface area (Å²) in [5.74, 6) is 0. The second kappa shape index (κ2) is 7.42. The monoisotopic (exact) mass is 220 g/mol. The third-order valence-electron chi connectivity index (χ3n) is 2.76. The van der Waals surface area contributed by atoms with E-state index in [9.17, 15) is 0 Å². The molecule has 1 aromatic rings. The van der Waals surface area contributed by atoms with Crippen molar-refractivity contribution in [1.29, 1.82) is 0 Å². The van der Waals surface area contributed by atoms with E-state index < -0.39 is 0 Å². The van der Waals surface area contributed by atoms with Crippen LogP contribution in [0.4, 0.5) is 0 Å². The summed E-state index contributed by atoms with van der Waals surface area (Å²) >= 11 is 0. The summed E-state index contributed by atoms with van der Waals surface area (Å²) in [6.45, 7) is 4.48. The number of rotatable bonds is 7. The Morgan fingerprint density at radius 3 is 2.50 bits per heavy atom. The van der Waals surface area contributed by atoms with Crippen LogP contribution in [0.1, 0.15) is 18.9 Å². The molecule has 0 aliphatic carbocycles. The number of nitrogens with zero attached hydrogens (tertiary/aromatic N) is 1. The molecule has 0 fully saturated rings. The van der Waals surface area contributed by atoms with Gasteiger partial charge < -0.3 is 10.2 Å². The van der Waals surface area contributed by atoms with Gasteiger partial charge in [0, 0.05) is 6.04 Å². The fourth-order valence-electron chi connectivity index (χ4n) is 1.66. The van der Waals surface area contributed by atoms with E-state index >= 15 is 0 Å². The van der Waals surface area contributed by atoms with Crippen molar-refractivity contribution in [3.8, 4) is 0 Å². The molecule has 1 N–H and O–H groups in total. The van der Waals surface area contributed by atoms with Crippen LogP contribution < -0.4 is 5.32 Å². The number of benzene rings is 1. The number of nitrogens with one attached hydrogen (secondary N) is 1. The maximum atomic E-state index is 3.56. The smallest absolute Gasteiger partial charge is 0.00510 e. The predicted molar refractivity (Wildman–Crippen MR) is 70.8 cm³/mol. The van der Waals surface area contributed by atoms with Gasteiger partial charge in [0.25, 0.3) is 0 Å². The predicted octanol–water partition coefficient (Wildman–Crippen LogP) is 2.16. The molecule has 0 saturated carbocycles. The van der Waals surface area contributed by atoms with Gasteiger partial charge in [-0.2, -0.15) is 0 Å². The van der Waals surface area contributed by atoms with Gasteiger partial charge in [-0.1, -0.05) is 30.3 Å². The quantitative estimate of drug-likeness (QED) is 0.757. The van der Waals surface area contributed by atoms with Gasteiger partial charge in [-0.3, -0.25) is 0 Å². The Balaban J connectivity index is 2.11. The van der Waals surface area contributed by atoms with Gasteiger partial charge in [0.15, 0.2) is 0 Å². The van der Waals surface area contributed by atoms with Gasteiger partial charge in [0.05, 0.1) is 0 Å². The lowest BCUT2D eigenvalue weighted by Crippen LogP contribution is -2.31. The third kappa shape index (κ3) is 5.89. The normalized spacial score (nSPS) is 13.0. The molecule has 90 valence electrons. The maximum Gasteiger partial charge on any atom is 0.00510 e. The molecular weight excluding hydrogens is 196 g/mol. The van der Waals surface area contributed by atoms with Crippen molar-refractivity contribution in [2.24, 2.45) is 0 Å². The van der Waals surface area contributed by atoms with Gasteiger partial charge in [0.2, 0.25) is 0 Å². The Morgan fingerprint density at radius 1 is 1.19 bits per heavy atom. The number of hydrogen-bond acceptors (Lipinski definition) is 2. The Labute approximate surface area is 99.7 Å². The van der Waals surface area contributed by atoms with Crippen molar-refractivity contribution >= 4 is 0 Å². The molecule has 2 nitrogen and oxygen atoms in total. The fourth-order valence-corrected chi connectivity index (χ4v) is 1.66. The largest absolute Gasteiger partial charge is 0.314 e. The first-order chi connectivity index (χ1) is 7.68. The highest BCUT2D eigenvalue weighted by molar-refractivity contribution is 5.14. The van der Waals surface area contributed by atoms with Crippen molar-refractivity contribution in [3.63, 3.8) is 0 Å². The fraction of sp³-hybridized carbons (Fsp3) is 0.571. The minimum Gasteiger partial charge on any atom is -0.314 e. The van der Waals surface area contributed by atoms with Gasteiger partial charge in [-0.15, -0.1) is 0 Å². The van der Waals surface area contributed by atoms with E-state index in [1.165, 1.54) is 12.0 Å². The lowest BCUT2D eigenvalue weighted by molar-refractivity contribution is 0.367. The molecule has 2 heteroatoms. The molecule has 1 rings (SSSR count). The zero-order valence-corrected chi connectivity index (χ0v) is 10.7. The van der Waals surface area contributed by atoms with Gasteiger partial charge in [-0.25, -0.2) is 0 Å². The van der Waals surface area contributed by atoms with Gasteiger partial charge in [-0.05, 0) is 52.5 Å². The number of hydrogen-bond donors (Lipinski definition) is 1. The lowest BCUT2D eigenvalue weighted by atomic mass is 10.1. The molecule has 16 heavy (non-hydrogen) atoms. The second-order valence-corrected chi connectivity index (χ2v) is 4.68. The summed E-state index contributed by atoms with van der Waals surface area (Å²) in [5.41, 5.74) is 1.41. The Hall–Kier alpha value is -0.860. The standard InChI is InChI=1S/C14H24N2/c1-13(10-12-16(2)3)15-11-9-14-7-5-4-6-8-14/h4-8,13,15H,9-12H2,1-3H3. The van der Waals surface area contributed by atoms with Crippen LogP contribution in [0.3, 0.4) is 0 Å². The van der Waals surface area contributed by atoms with Crippen molar-refractivity contribution in [3.05, 3.63) is 35.9 Å². The SMILES string of the molecule is CC(CCN(C)C)NCCc1ccccc1. The second-order valence-electron chi connectivity index (χ2n) is 4.68. The van der Waals surface area contributed by atoms with Crippen molar-refractivity contribution in [2.45, 2.75) is 25.8 Å². The summed E-state index contributed by atoms with van der Waals surface area (Å²) in [4.78, 5) is 2.23.